The van der Waals surface area contributed by atoms with Crippen LogP contribution in [0.1, 0.15) is 191 Å². The van der Waals surface area contributed by atoms with Gasteiger partial charge in [0, 0.05) is 64.2 Å². The average Bonchev–Trinajstić information content (AvgIpc) is 2.08. The number of carbonyl (C=O) groups excluding carboxylic acids is 4. The summed E-state index contributed by atoms with van der Waals surface area (Å²) in [6, 6.07) is 39.8. The number of aliphatic hydroxyl groups is 2. The molecule has 0 unspecified atom stereocenters. The topological polar surface area (TPSA) is 163 Å². The SMILES string of the molecule is CC(=O)N1CCC[C@@H]1c1cc(C(=O)N[C@@H](Cc2ccccc2)[C@H](O)CNCc2cccc(C(F)(F)F)c2)cc(C2CCCC2)c1.CC(=O)N1CCC[C@H]1c1cc(C(=O)N[C@@H](Cc2ccccc2)[C@H](O)CNCc2cccc(C(F)(F)F)c2)cc(C2CCCC2)c1. The first-order valence-electron chi connectivity index (χ1n) is 31.8. The van der Waals surface area contributed by atoms with Gasteiger partial charge in [-0.15, -0.1) is 0 Å². The molecule has 6 atom stereocenters. The molecule has 6 N–H and O–H groups in total. The summed E-state index contributed by atoms with van der Waals surface area (Å²) in [6.45, 7) is 4.98. The van der Waals surface area contributed by atoms with E-state index in [1.54, 1.807) is 26.0 Å². The highest BCUT2D eigenvalue weighted by Gasteiger charge is 2.35. The highest BCUT2D eigenvalue weighted by molar-refractivity contribution is 5.95. The monoisotopic (exact) mass is 1240 g/mol. The summed E-state index contributed by atoms with van der Waals surface area (Å²) in [4.78, 5) is 56.3. The number of hydrogen-bond donors (Lipinski definition) is 6. The molecule has 4 amide bonds. The molecule has 2 heterocycles. The molecule has 2 aliphatic heterocycles. The molecular formula is C72H84F6N6O6. The van der Waals surface area contributed by atoms with Crippen molar-refractivity contribution in [2.75, 3.05) is 26.2 Å². The van der Waals surface area contributed by atoms with Crippen molar-refractivity contribution in [2.45, 2.75) is 177 Å². The summed E-state index contributed by atoms with van der Waals surface area (Å²) in [5.41, 5.74) is 6.51. The Bertz CT molecular complexity index is 3130. The molecule has 4 aliphatic rings. The van der Waals surface area contributed by atoms with Crippen molar-refractivity contribution in [3.8, 4) is 0 Å². The van der Waals surface area contributed by atoms with Gasteiger partial charge >= 0.3 is 12.4 Å². The highest BCUT2D eigenvalue weighted by atomic mass is 19.4. The molecule has 10 rings (SSSR count). The minimum atomic E-state index is -4.43. The predicted molar refractivity (Wildman–Crippen MR) is 335 cm³/mol. The van der Waals surface area contributed by atoms with Gasteiger partial charge in [0.25, 0.3) is 11.8 Å². The molecule has 6 aromatic carbocycles. The van der Waals surface area contributed by atoms with Crippen LogP contribution in [0.3, 0.4) is 0 Å². The van der Waals surface area contributed by atoms with Crippen LogP contribution in [0, 0.1) is 0 Å². The standard InChI is InChI=1S/2C36H42F3N3O3/c2*1-24(43)42-16-8-15-33(42)29-19-28(27-12-5-6-13-27)20-30(21-29)35(45)41-32(18-25-9-3-2-4-10-25)34(44)23-40-22-26-11-7-14-31(17-26)36(37,38)39/h2*2-4,7,9-11,14,17,19-21,27,32-34,40,44H,5-6,8,12-13,15-16,18,22-23H2,1H3,(H,41,45)/t32-,33+,34+;32-,33-,34+/m00/s1. The number of carbonyl (C=O) groups is 4. The fourth-order valence-electron chi connectivity index (χ4n) is 13.5. The summed E-state index contributed by atoms with van der Waals surface area (Å²) >= 11 is 0. The van der Waals surface area contributed by atoms with Gasteiger partial charge in [-0.3, -0.25) is 19.2 Å². The number of aliphatic hydroxyl groups excluding tert-OH is 2. The van der Waals surface area contributed by atoms with Crippen molar-refractivity contribution >= 4 is 23.6 Å². The minimum Gasteiger partial charge on any atom is -0.390 e. The second kappa shape index (κ2) is 31.1. The summed E-state index contributed by atoms with van der Waals surface area (Å²) in [5.74, 6) is 0.184. The summed E-state index contributed by atoms with van der Waals surface area (Å²) < 4.78 is 78.9. The molecule has 2 saturated carbocycles. The Morgan fingerprint density at radius 2 is 0.811 bits per heavy atom. The lowest BCUT2D eigenvalue weighted by Crippen LogP contribution is -2.48. The molecular weight excluding hydrogens is 1160 g/mol. The molecule has 90 heavy (non-hydrogen) atoms. The Balaban J connectivity index is 0.000000213. The fourth-order valence-corrected chi connectivity index (χ4v) is 13.5. The third kappa shape index (κ3) is 18.4. The van der Waals surface area contributed by atoms with Gasteiger partial charge < -0.3 is 41.3 Å². The lowest BCUT2D eigenvalue weighted by molar-refractivity contribution is -0.138. The summed E-state index contributed by atoms with van der Waals surface area (Å²) in [7, 11) is 0. The van der Waals surface area contributed by atoms with Crippen molar-refractivity contribution in [3.63, 3.8) is 0 Å². The first kappa shape index (κ1) is 67.0. The molecule has 0 aromatic heterocycles. The number of nitrogens with zero attached hydrogens (tertiary/aromatic N) is 2. The van der Waals surface area contributed by atoms with Crippen LogP contribution in [0.4, 0.5) is 26.3 Å². The maximum atomic E-state index is 13.9. The van der Waals surface area contributed by atoms with Crippen LogP contribution in [0.2, 0.25) is 0 Å². The summed E-state index contributed by atoms with van der Waals surface area (Å²) in [6.07, 6.45) is 2.25. The number of likely N-dealkylation sites (tertiary alicyclic amines) is 2. The van der Waals surface area contributed by atoms with E-state index in [1.165, 1.54) is 12.1 Å². The lowest BCUT2D eigenvalue weighted by atomic mass is 9.90. The van der Waals surface area contributed by atoms with E-state index in [0.717, 1.165) is 135 Å². The zero-order chi connectivity index (χ0) is 64.0. The van der Waals surface area contributed by atoms with E-state index < -0.39 is 47.8 Å². The number of rotatable bonds is 22. The van der Waals surface area contributed by atoms with Crippen molar-refractivity contribution in [3.05, 3.63) is 212 Å². The quantitative estimate of drug-likeness (QED) is 0.0366. The maximum Gasteiger partial charge on any atom is 0.416 e. The number of hydrogen-bond acceptors (Lipinski definition) is 8. The van der Waals surface area contributed by atoms with Crippen molar-refractivity contribution in [2.24, 2.45) is 0 Å². The van der Waals surface area contributed by atoms with Crippen molar-refractivity contribution in [1.82, 2.24) is 31.1 Å². The Hall–Kier alpha value is -7.38. The van der Waals surface area contributed by atoms with Crippen LogP contribution in [0.5, 0.6) is 0 Å². The zero-order valence-electron chi connectivity index (χ0n) is 51.3. The normalized spacial score (nSPS) is 18.6. The Labute approximate surface area is 524 Å². The molecule has 2 saturated heterocycles. The first-order chi connectivity index (χ1) is 43.2. The Morgan fingerprint density at radius 3 is 1.17 bits per heavy atom. The molecule has 2 aliphatic carbocycles. The van der Waals surface area contributed by atoms with Crippen LogP contribution >= 0.6 is 0 Å². The third-order valence-electron chi connectivity index (χ3n) is 18.2. The minimum absolute atomic E-state index is 0.0263. The number of halogens is 6. The van der Waals surface area contributed by atoms with E-state index in [9.17, 15) is 55.7 Å². The number of alkyl halides is 6. The Morgan fingerprint density at radius 1 is 0.456 bits per heavy atom. The average molecular weight is 1240 g/mol. The molecule has 4 fully saturated rings. The van der Waals surface area contributed by atoms with E-state index in [4.69, 9.17) is 0 Å². The van der Waals surface area contributed by atoms with Crippen LogP contribution in [0.25, 0.3) is 0 Å². The number of benzene rings is 6. The largest absolute Gasteiger partial charge is 0.416 e. The zero-order valence-corrected chi connectivity index (χ0v) is 51.3. The summed E-state index contributed by atoms with van der Waals surface area (Å²) in [5, 5.41) is 34.8. The van der Waals surface area contributed by atoms with E-state index >= 15 is 0 Å². The maximum absolute atomic E-state index is 13.9. The van der Waals surface area contributed by atoms with Gasteiger partial charge in [-0.2, -0.15) is 26.3 Å². The third-order valence-corrected chi connectivity index (χ3v) is 18.2. The van der Waals surface area contributed by atoms with Gasteiger partial charge in [0.1, 0.15) is 0 Å². The highest BCUT2D eigenvalue weighted by Crippen LogP contribution is 2.41. The molecule has 0 spiro atoms. The van der Waals surface area contributed by atoms with Gasteiger partial charge in [0.15, 0.2) is 0 Å². The first-order valence-corrected chi connectivity index (χ1v) is 31.8. The van der Waals surface area contributed by atoms with Crippen LogP contribution in [-0.2, 0) is 47.9 Å². The number of amides is 4. The molecule has 18 heteroatoms. The molecule has 12 nitrogen and oxygen atoms in total. The lowest BCUT2D eigenvalue weighted by Gasteiger charge is -2.27. The van der Waals surface area contributed by atoms with E-state index in [1.807, 2.05) is 94.7 Å². The Kier molecular flexibility index (Phi) is 23.2. The van der Waals surface area contributed by atoms with E-state index in [-0.39, 0.29) is 61.9 Å². The van der Waals surface area contributed by atoms with E-state index in [2.05, 4.69) is 33.4 Å². The van der Waals surface area contributed by atoms with Gasteiger partial charge in [0.05, 0.1) is 47.5 Å². The fraction of sp³-hybridized carbons (Fsp3) is 0.444. The molecule has 0 bridgehead atoms. The molecule has 480 valence electrons. The smallest absolute Gasteiger partial charge is 0.390 e. The van der Waals surface area contributed by atoms with Crippen molar-refractivity contribution < 1.29 is 55.7 Å². The van der Waals surface area contributed by atoms with Gasteiger partial charge in [-0.25, -0.2) is 0 Å². The van der Waals surface area contributed by atoms with Crippen LogP contribution < -0.4 is 21.3 Å². The van der Waals surface area contributed by atoms with Crippen LogP contribution in [-0.4, -0.2) is 94.1 Å². The van der Waals surface area contributed by atoms with Crippen LogP contribution in [0.15, 0.2) is 146 Å². The van der Waals surface area contributed by atoms with Gasteiger partial charge in [-0.1, -0.05) is 135 Å². The van der Waals surface area contributed by atoms with E-state index in [0.29, 0.717) is 60.0 Å². The second-order valence-electron chi connectivity index (χ2n) is 24.8. The van der Waals surface area contributed by atoms with Gasteiger partial charge in [0.2, 0.25) is 11.8 Å². The molecule has 6 aromatic rings. The second-order valence-corrected chi connectivity index (χ2v) is 24.8. The van der Waals surface area contributed by atoms with Gasteiger partial charge in [-0.05, 0) is 157 Å². The van der Waals surface area contributed by atoms with Crippen molar-refractivity contribution in [1.29, 1.82) is 0 Å². The molecule has 0 radical (unpaired) electrons. The predicted octanol–water partition coefficient (Wildman–Crippen LogP) is 13.1. The number of nitrogens with one attached hydrogen (secondary N) is 4.